The van der Waals surface area contributed by atoms with Crippen molar-refractivity contribution < 1.29 is 9.90 Å². The van der Waals surface area contributed by atoms with E-state index in [-0.39, 0.29) is 16.1 Å². The summed E-state index contributed by atoms with van der Waals surface area (Å²) in [5, 5.41) is 9.45. The van der Waals surface area contributed by atoms with E-state index in [0.717, 1.165) is 23.4 Å². The first-order valence-electron chi connectivity index (χ1n) is 6.32. The third-order valence-corrected chi connectivity index (χ3v) is 3.93. The molecular weight excluding hydrogens is 262 g/mol. The molecule has 1 aromatic carbocycles. The number of carboxylic acids is 1. The predicted octanol–water partition coefficient (Wildman–Crippen LogP) is 4.06. The van der Waals surface area contributed by atoms with Gasteiger partial charge >= 0.3 is 5.97 Å². The summed E-state index contributed by atoms with van der Waals surface area (Å²) in [4.78, 5) is 13.4. The van der Waals surface area contributed by atoms with Gasteiger partial charge in [0.15, 0.2) is 0 Å². The Bertz CT molecular complexity index is 576. The number of nitrogens with zero attached hydrogens (tertiary/aromatic N) is 1. The Kier molecular flexibility index (Phi) is 3.35. The molecule has 0 aromatic heterocycles. The monoisotopic (exact) mass is 279 g/mol. The Morgan fingerprint density at radius 2 is 2.05 bits per heavy atom. The number of likely N-dealkylation sites (N-methyl/N-ethyl adjacent to an activating group) is 1. The molecule has 0 unspecified atom stereocenters. The SMILES string of the molecule is CCN1c2cc(Cl)c(C(=O)O)cc2C(C)=CC1(C)C. The quantitative estimate of drug-likeness (QED) is 0.887. The first-order chi connectivity index (χ1) is 8.77. The lowest BCUT2D eigenvalue weighted by Crippen LogP contribution is -2.44. The third kappa shape index (κ3) is 2.23. The summed E-state index contributed by atoms with van der Waals surface area (Å²) in [6.45, 7) is 9.21. The third-order valence-electron chi connectivity index (χ3n) is 3.61. The molecule has 102 valence electrons. The van der Waals surface area contributed by atoms with E-state index in [2.05, 4.69) is 31.7 Å². The molecule has 1 N–H and O–H groups in total. The molecule has 1 aliphatic rings. The van der Waals surface area contributed by atoms with Crippen molar-refractivity contribution in [2.45, 2.75) is 33.2 Å². The van der Waals surface area contributed by atoms with Crippen molar-refractivity contribution in [3.63, 3.8) is 0 Å². The van der Waals surface area contributed by atoms with E-state index in [1.54, 1.807) is 12.1 Å². The van der Waals surface area contributed by atoms with Gasteiger partial charge in [-0.25, -0.2) is 4.79 Å². The lowest BCUT2D eigenvalue weighted by Gasteiger charge is -2.43. The van der Waals surface area contributed by atoms with Crippen molar-refractivity contribution in [3.8, 4) is 0 Å². The van der Waals surface area contributed by atoms with E-state index in [9.17, 15) is 4.79 Å². The minimum atomic E-state index is -0.992. The maximum Gasteiger partial charge on any atom is 0.337 e. The highest BCUT2D eigenvalue weighted by atomic mass is 35.5. The van der Waals surface area contributed by atoms with Crippen LogP contribution in [-0.4, -0.2) is 23.2 Å². The van der Waals surface area contributed by atoms with Gasteiger partial charge in [0.1, 0.15) is 0 Å². The van der Waals surface area contributed by atoms with Crippen LogP contribution in [0.25, 0.3) is 5.57 Å². The lowest BCUT2D eigenvalue weighted by atomic mass is 9.88. The Labute approximate surface area is 118 Å². The van der Waals surface area contributed by atoms with Crippen molar-refractivity contribution in [1.82, 2.24) is 0 Å². The summed E-state index contributed by atoms with van der Waals surface area (Å²) < 4.78 is 0. The van der Waals surface area contributed by atoms with Gasteiger partial charge in [-0.05, 0) is 45.4 Å². The van der Waals surface area contributed by atoms with Gasteiger partial charge in [0.05, 0.1) is 16.1 Å². The molecule has 0 spiro atoms. The Balaban J connectivity index is 2.70. The summed E-state index contributed by atoms with van der Waals surface area (Å²) >= 11 is 6.09. The van der Waals surface area contributed by atoms with Gasteiger partial charge in [0.25, 0.3) is 0 Å². The van der Waals surface area contributed by atoms with Gasteiger partial charge in [-0.1, -0.05) is 17.7 Å². The molecule has 0 aliphatic carbocycles. The highest BCUT2D eigenvalue weighted by Crippen LogP contribution is 2.41. The molecule has 19 heavy (non-hydrogen) atoms. The van der Waals surface area contributed by atoms with E-state index in [0.29, 0.717) is 0 Å². The molecule has 0 radical (unpaired) electrons. The van der Waals surface area contributed by atoms with Crippen molar-refractivity contribution in [1.29, 1.82) is 0 Å². The number of hydrogen-bond donors (Lipinski definition) is 1. The van der Waals surface area contributed by atoms with Gasteiger partial charge in [0, 0.05) is 17.8 Å². The highest BCUT2D eigenvalue weighted by Gasteiger charge is 2.31. The predicted molar refractivity (Wildman–Crippen MR) is 79.2 cm³/mol. The topological polar surface area (TPSA) is 40.5 Å². The minimum Gasteiger partial charge on any atom is -0.478 e. The van der Waals surface area contributed by atoms with E-state index in [4.69, 9.17) is 16.7 Å². The number of carboxylic acid groups (broad SMARTS) is 1. The lowest BCUT2D eigenvalue weighted by molar-refractivity contribution is 0.0697. The fourth-order valence-corrected chi connectivity index (χ4v) is 3.08. The molecule has 1 aliphatic heterocycles. The zero-order valence-corrected chi connectivity index (χ0v) is 12.4. The summed E-state index contributed by atoms with van der Waals surface area (Å²) in [6, 6.07) is 3.44. The molecule has 1 heterocycles. The van der Waals surface area contributed by atoms with E-state index in [1.165, 1.54) is 0 Å². The molecule has 0 bridgehead atoms. The zero-order chi connectivity index (χ0) is 14.4. The number of allylic oxidation sites excluding steroid dienone is 1. The van der Waals surface area contributed by atoms with Gasteiger partial charge in [-0.3, -0.25) is 0 Å². The summed E-state index contributed by atoms with van der Waals surface area (Å²) in [6.07, 6.45) is 2.17. The number of aromatic carboxylic acids is 1. The maximum absolute atomic E-state index is 11.2. The Hall–Kier alpha value is -1.48. The van der Waals surface area contributed by atoms with Crippen molar-refractivity contribution in [3.05, 3.63) is 34.4 Å². The van der Waals surface area contributed by atoms with Crippen LogP contribution in [0.5, 0.6) is 0 Å². The summed E-state index contributed by atoms with van der Waals surface area (Å²) in [7, 11) is 0. The fourth-order valence-electron chi connectivity index (χ4n) is 2.84. The average Bonchev–Trinajstić information content (AvgIpc) is 2.26. The molecular formula is C15H18ClNO2. The number of rotatable bonds is 2. The van der Waals surface area contributed by atoms with E-state index < -0.39 is 5.97 Å². The van der Waals surface area contributed by atoms with Crippen molar-refractivity contribution in [2.24, 2.45) is 0 Å². The van der Waals surface area contributed by atoms with E-state index >= 15 is 0 Å². The first-order valence-corrected chi connectivity index (χ1v) is 6.70. The number of hydrogen-bond acceptors (Lipinski definition) is 2. The fraction of sp³-hybridized carbons (Fsp3) is 0.400. The molecule has 0 atom stereocenters. The summed E-state index contributed by atoms with van der Waals surface area (Å²) in [5.41, 5.74) is 3.10. The second kappa shape index (κ2) is 4.57. The number of anilines is 1. The van der Waals surface area contributed by atoms with Gasteiger partial charge in [-0.15, -0.1) is 0 Å². The minimum absolute atomic E-state index is 0.0973. The average molecular weight is 280 g/mol. The van der Waals surface area contributed by atoms with Gasteiger partial charge < -0.3 is 10.0 Å². The van der Waals surface area contributed by atoms with Crippen LogP contribution in [0, 0.1) is 0 Å². The Morgan fingerprint density at radius 3 is 2.58 bits per heavy atom. The molecule has 4 heteroatoms. The highest BCUT2D eigenvalue weighted by molar-refractivity contribution is 6.34. The molecule has 3 nitrogen and oxygen atoms in total. The van der Waals surface area contributed by atoms with Gasteiger partial charge in [0.2, 0.25) is 0 Å². The standard InChI is InChI=1S/C15H18ClNO2/c1-5-17-13-7-12(16)11(14(18)19)6-10(13)9(2)8-15(17,3)4/h6-8H,5H2,1-4H3,(H,18,19). The number of carbonyl (C=O) groups is 1. The van der Waals surface area contributed by atoms with Crippen LogP contribution in [0.3, 0.4) is 0 Å². The normalized spacial score (nSPS) is 16.9. The molecule has 0 amide bonds. The molecule has 1 aromatic rings. The Morgan fingerprint density at radius 1 is 1.42 bits per heavy atom. The number of fused-ring (bicyclic) bond motifs is 1. The maximum atomic E-state index is 11.2. The number of benzene rings is 1. The largest absolute Gasteiger partial charge is 0.478 e. The zero-order valence-electron chi connectivity index (χ0n) is 11.6. The second-order valence-corrected chi connectivity index (χ2v) is 5.79. The summed E-state index contributed by atoms with van der Waals surface area (Å²) in [5.74, 6) is -0.992. The smallest absolute Gasteiger partial charge is 0.337 e. The van der Waals surface area contributed by atoms with Crippen molar-refractivity contribution >= 4 is 28.8 Å². The van der Waals surface area contributed by atoms with Crippen LogP contribution in [0.1, 0.15) is 43.6 Å². The van der Waals surface area contributed by atoms with Crippen LogP contribution in [0.4, 0.5) is 5.69 Å². The molecule has 0 saturated heterocycles. The molecule has 0 fully saturated rings. The van der Waals surface area contributed by atoms with Crippen LogP contribution in [0.2, 0.25) is 5.02 Å². The van der Waals surface area contributed by atoms with E-state index in [1.807, 2.05) is 6.92 Å². The van der Waals surface area contributed by atoms with Gasteiger partial charge in [-0.2, -0.15) is 0 Å². The molecule has 2 rings (SSSR count). The number of halogens is 1. The van der Waals surface area contributed by atoms with Crippen molar-refractivity contribution in [2.75, 3.05) is 11.4 Å². The van der Waals surface area contributed by atoms with Crippen LogP contribution < -0.4 is 4.90 Å². The van der Waals surface area contributed by atoms with Crippen LogP contribution >= 0.6 is 11.6 Å². The first kappa shape index (κ1) is 13.9. The second-order valence-electron chi connectivity index (χ2n) is 5.38. The molecule has 0 saturated carbocycles. The van der Waals surface area contributed by atoms with Crippen LogP contribution in [0.15, 0.2) is 18.2 Å². The van der Waals surface area contributed by atoms with Crippen LogP contribution in [-0.2, 0) is 0 Å².